The molecule has 122 valence electrons. The molecular formula is C15H20Cl2N2O3. The second-order valence-corrected chi connectivity index (χ2v) is 5.47. The fourth-order valence-electron chi connectivity index (χ4n) is 2.45. The number of esters is 1. The largest absolute Gasteiger partial charge is 0.466 e. The summed E-state index contributed by atoms with van der Waals surface area (Å²) in [4.78, 5) is 25.8. The monoisotopic (exact) mass is 346 g/mol. The Morgan fingerprint density at radius 2 is 2.00 bits per heavy atom. The quantitative estimate of drug-likeness (QED) is 0.674. The van der Waals surface area contributed by atoms with Crippen LogP contribution in [0.4, 0.5) is 5.69 Å². The summed E-state index contributed by atoms with van der Waals surface area (Å²) in [7, 11) is 0. The summed E-state index contributed by atoms with van der Waals surface area (Å²) in [6.45, 7) is 3.24. The van der Waals surface area contributed by atoms with Gasteiger partial charge in [-0.05, 0) is 38.0 Å². The molecule has 0 spiro atoms. The predicted molar refractivity (Wildman–Crippen MR) is 88.4 cm³/mol. The Hall–Kier alpha value is -1.46. The van der Waals surface area contributed by atoms with Crippen molar-refractivity contribution < 1.29 is 14.3 Å². The zero-order valence-corrected chi connectivity index (χ0v) is 14.0. The minimum atomic E-state index is -0.171. The smallest absolute Gasteiger partial charge is 0.309 e. The number of hydrogen-bond donors (Lipinski definition) is 1. The van der Waals surface area contributed by atoms with Gasteiger partial charge < -0.3 is 15.4 Å². The van der Waals surface area contributed by atoms with Crippen LogP contribution in [-0.4, -0.2) is 36.5 Å². The minimum absolute atomic E-state index is 0. The fourth-order valence-corrected chi connectivity index (χ4v) is 2.72. The van der Waals surface area contributed by atoms with E-state index in [0.29, 0.717) is 48.8 Å². The summed E-state index contributed by atoms with van der Waals surface area (Å²) >= 11 is 6.06. The molecule has 2 N–H and O–H groups in total. The number of nitrogens with two attached hydrogens (primary N) is 1. The Bertz CT molecular complexity index is 544. The van der Waals surface area contributed by atoms with Crippen molar-refractivity contribution in [3.8, 4) is 0 Å². The number of ether oxygens (including phenoxy) is 1. The molecule has 0 radical (unpaired) electrons. The molecule has 1 saturated heterocycles. The molecule has 1 aromatic rings. The van der Waals surface area contributed by atoms with Crippen LogP contribution in [0, 0.1) is 5.92 Å². The average Bonchev–Trinajstić information content (AvgIpc) is 2.47. The maximum Gasteiger partial charge on any atom is 0.309 e. The Morgan fingerprint density at radius 1 is 1.36 bits per heavy atom. The van der Waals surface area contributed by atoms with Crippen molar-refractivity contribution in [3.63, 3.8) is 0 Å². The van der Waals surface area contributed by atoms with Crippen LogP contribution in [0.1, 0.15) is 30.1 Å². The number of anilines is 1. The standard InChI is InChI=1S/C15H19ClN2O3.ClH/c1-2-21-15(20)10-5-7-18(8-6-10)14(19)12-4-3-11(17)9-13(12)16;/h3-4,9-10H,2,5-8,17H2,1H3;1H. The fraction of sp³-hybridized carbons (Fsp3) is 0.467. The average molecular weight is 347 g/mol. The highest BCUT2D eigenvalue weighted by Gasteiger charge is 2.29. The van der Waals surface area contributed by atoms with Crippen LogP contribution >= 0.6 is 24.0 Å². The lowest BCUT2D eigenvalue weighted by Gasteiger charge is -2.31. The molecule has 1 heterocycles. The third kappa shape index (κ3) is 4.27. The van der Waals surface area contributed by atoms with Crippen molar-refractivity contribution in [2.24, 2.45) is 5.92 Å². The van der Waals surface area contributed by atoms with Crippen LogP contribution in [0.2, 0.25) is 5.02 Å². The topological polar surface area (TPSA) is 72.6 Å². The predicted octanol–water partition coefficient (Wildman–Crippen LogP) is 2.76. The molecule has 0 aromatic heterocycles. The van der Waals surface area contributed by atoms with Gasteiger partial charge in [-0.2, -0.15) is 0 Å². The third-order valence-electron chi connectivity index (χ3n) is 3.63. The van der Waals surface area contributed by atoms with Crippen LogP contribution in [0.15, 0.2) is 18.2 Å². The van der Waals surface area contributed by atoms with Crippen molar-refractivity contribution in [3.05, 3.63) is 28.8 Å². The number of benzene rings is 1. The molecule has 5 nitrogen and oxygen atoms in total. The summed E-state index contributed by atoms with van der Waals surface area (Å²) < 4.78 is 5.02. The molecule has 0 aliphatic carbocycles. The lowest BCUT2D eigenvalue weighted by atomic mass is 9.96. The number of amides is 1. The number of nitrogens with zero attached hydrogens (tertiary/aromatic N) is 1. The molecular weight excluding hydrogens is 327 g/mol. The zero-order chi connectivity index (χ0) is 15.4. The number of likely N-dealkylation sites (tertiary alicyclic amines) is 1. The van der Waals surface area contributed by atoms with Gasteiger partial charge in [0.05, 0.1) is 23.1 Å². The zero-order valence-electron chi connectivity index (χ0n) is 12.4. The van der Waals surface area contributed by atoms with Crippen LogP contribution < -0.4 is 5.73 Å². The van der Waals surface area contributed by atoms with Crippen molar-refractivity contribution >= 4 is 41.6 Å². The van der Waals surface area contributed by atoms with Crippen LogP contribution in [0.5, 0.6) is 0 Å². The first kappa shape index (κ1) is 18.6. The van der Waals surface area contributed by atoms with Gasteiger partial charge in [-0.1, -0.05) is 11.6 Å². The second-order valence-electron chi connectivity index (χ2n) is 5.06. The Balaban J connectivity index is 0.00000242. The van der Waals surface area contributed by atoms with Crippen molar-refractivity contribution in [2.45, 2.75) is 19.8 Å². The van der Waals surface area contributed by atoms with E-state index in [-0.39, 0.29) is 30.2 Å². The summed E-state index contributed by atoms with van der Waals surface area (Å²) in [6.07, 6.45) is 1.24. The van der Waals surface area contributed by atoms with Gasteiger partial charge in [0.15, 0.2) is 0 Å². The van der Waals surface area contributed by atoms with Gasteiger partial charge in [0.25, 0.3) is 5.91 Å². The van der Waals surface area contributed by atoms with Crippen molar-refractivity contribution in [1.29, 1.82) is 0 Å². The molecule has 1 aliphatic heterocycles. The summed E-state index contributed by atoms with van der Waals surface area (Å²) in [6, 6.07) is 4.86. The highest BCUT2D eigenvalue weighted by atomic mass is 35.5. The number of piperidine rings is 1. The summed E-state index contributed by atoms with van der Waals surface area (Å²) in [5.41, 5.74) is 6.60. The minimum Gasteiger partial charge on any atom is -0.466 e. The van der Waals surface area contributed by atoms with E-state index in [2.05, 4.69) is 0 Å². The highest BCUT2D eigenvalue weighted by molar-refractivity contribution is 6.34. The maximum absolute atomic E-state index is 12.4. The first-order chi connectivity index (χ1) is 10.0. The number of carbonyl (C=O) groups is 2. The van der Waals surface area contributed by atoms with Crippen LogP contribution in [0.3, 0.4) is 0 Å². The van der Waals surface area contributed by atoms with E-state index in [0.717, 1.165) is 0 Å². The van der Waals surface area contributed by atoms with Gasteiger partial charge in [-0.15, -0.1) is 12.4 Å². The number of rotatable bonds is 3. The van der Waals surface area contributed by atoms with Gasteiger partial charge in [-0.3, -0.25) is 9.59 Å². The van der Waals surface area contributed by atoms with E-state index in [1.165, 1.54) is 0 Å². The molecule has 0 saturated carbocycles. The molecule has 1 fully saturated rings. The lowest BCUT2D eigenvalue weighted by molar-refractivity contribution is -0.149. The SMILES string of the molecule is CCOC(=O)C1CCN(C(=O)c2ccc(N)cc2Cl)CC1.Cl. The van der Waals surface area contributed by atoms with Crippen molar-refractivity contribution in [1.82, 2.24) is 4.90 Å². The lowest BCUT2D eigenvalue weighted by Crippen LogP contribution is -2.40. The Morgan fingerprint density at radius 3 is 2.55 bits per heavy atom. The number of hydrogen-bond acceptors (Lipinski definition) is 4. The van der Waals surface area contributed by atoms with E-state index in [1.54, 1.807) is 30.0 Å². The number of nitrogen functional groups attached to an aromatic ring is 1. The molecule has 0 unspecified atom stereocenters. The molecule has 22 heavy (non-hydrogen) atoms. The third-order valence-corrected chi connectivity index (χ3v) is 3.94. The Kier molecular flexibility index (Phi) is 6.97. The maximum atomic E-state index is 12.4. The molecule has 1 amide bonds. The number of carbonyl (C=O) groups excluding carboxylic acids is 2. The van der Waals surface area contributed by atoms with E-state index in [4.69, 9.17) is 22.1 Å². The van der Waals surface area contributed by atoms with E-state index in [9.17, 15) is 9.59 Å². The van der Waals surface area contributed by atoms with Gasteiger partial charge in [0.1, 0.15) is 0 Å². The van der Waals surface area contributed by atoms with Crippen LogP contribution in [0.25, 0.3) is 0 Å². The van der Waals surface area contributed by atoms with Gasteiger partial charge in [-0.25, -0.2) is 0 Å². The summed E-state index contributed by atoms with van der Waals surface area (Å²) in [5.74, 6) is -0.409. The summed E-state index contributed by atoms with van der Waals surface area (Å²) in [5, 5.41) is 0.354. The first-order valence-corrected chi connectivity index (χ1v) is 7.41. The molecule has 0 bridgehead atoms. The Labute approximate surface area is 141 Å². The normalized spacial score (nSPS) is 15.1. The van der Waals surface area contributed by atoms with Gasteiger partial charge in [0, 0.05) is 18.8 Å². The highest BCUT2D eigenvalue weighted by Crippen LogP contribution is 2.24. The molecule has 1 aliphatic rings. The molecule has 0 atom stereocenters. The first-order valence-electron chi connectivity index (χ1n) is 7.04. The van der Waals surface area contributed by atoms with Gasteiger partial charge in [0.2, 0.25) is 0 Å². The number of halogens is 2. The van der Waals surface area contributed by atoms with E-state index in [1.807, 2.05) is 0 Å². The second kappa shape index (κ2) is 8.25. The van der Waals surface area contributed by atoms with Gasteiger partial charge >= 0.3 is 5.97 Å². The van der Waals surface area contributed by atoms with E-state index >= 15 is 0 Å². The molecule has 1 aromatic carbocycles. The van der Waals surface area contributed by atoms with Crippen LogP contribution in [-0.2, 0) is 9.53 Å². The molecule has 7 heteroatoms. The van der Waals surface area contributed by atoms with E-state index < -0.39 is 0 Å². The molecule has 2 rings (SSSR count). The van der Waals surface area contributed by atoms with Crippen molar-refractivity contribution in [2.75, 3.05) is 25.4 Å².